The van der Waals surface area contributed by atoms with E-state index in [0.717, 1.165) is 11.1 Å². The summed E-state index contributed by atoms with van der Waals surface area (Å²) in [6.07, 6.45) is -0.156. The van der Waals surface area contributed by atoms with E-state index in [0.29, 0.717) is 6.42 Å². The molecule has 2 atom stereocenters. The van der Waals surface area contributed by atoms with Gasteiger partial charge in [-0.05, 0) is 29.3 Å². The van der Waals surface area contributed by atoms with Gasteiger partial charge in [0.05, 0.1) is 22.7 Å². The molecule has 0 bridgehead atoms. The number of phenols is 1. The van der Waals surface area contributed by atoms with Crippen LogP contribution < -0.4 is 5.32 Å². The molecule has 0 heterocycles. The third kappa shape index (κ3) is 2.60. The van der Waals surface area contributed by atoms with Gasteiger partial charge in [0.15, 0.2) is 0 Å². The largest absolute Gasteiger partial charge is 0.508 e. The Balaban J connectivity index is 1.87. The van der Waals surface area contributed by atoms with E-state index in [-0.39, 0.29) is 16.3 Å². The molecule has 5 heteroatoms. The van der Waals surface area contributed by atoms with Gasteiger partial charge in [-0.2, -0.15) is 0 Å². The monoisotopic (exact) mass is 303 g/mol. The lowest BCUT2D eigenvalue weighted by Gasteiger charge is -2.18. The van der Waals surface area contributed by atoms with Crippen molar-refractivity contribution in [3.8, 4) is 5.75 Å². The number of benzene rings is 2. The molecule has 3 rings (SSSR count). The molecule has 0 aromatic heterocycles. The number of carbonyl (C=O) groups is 1. The molecule has 108 valence electrons. The van der Waals surface area contributed by atoms with Crippen molar-refractivity contribution in [3.63, 3.8) is 0 Å². The van der Waals surface area contributed by atoms with Gasteiger partial charge in [0, 0.05) is 6.42 Å². The molecular weight excluding hydrogens is 290 g/mol. The van der Waals surface area contributed by atoms with Crippen LogP contribution in [0.5, 0.6) is 5.75 Å². The van der Waals surface area contributed by atoms with Gasteiger partial charge in [-0.15, -0.1) is 0 Å². The van der Waals surface area contributed by atoms with Crippen LogP contribution in [0.15, 0.2) is 42.5 Å². The maximum absolute atomic E-state index is 12.3. The SMILES string of the molecule is O=C(N[C@@H]1c2ccccc2C[C@@H]1O)c1cc(O)ccc1Cl. The first-order chi connectivity index (χ1) is 10.1. The third-order valence-corrected chi connectivity index (χ3v) is 4.01. The van der Waals surface area contributed by atoms with Crippen molar-refractivity contribution in [1.29, 1.82) is 0 Å². The van der Waals surface area contributed by atoms with Crippen LogP contribution in [0.4, 0.5) is 0 Å². The second-order valence-electron chi connectivity index (χ2n) is 5.09. The molecule has 0 saturated heterocycles. The summed E-state index contributed by atoms with van der Waals surface area (Å²) >= 11 is 5.98. The average molecular weight is 304 g/mol. The fourth-order valence-corrected chi connectivity index (χ4v) is 2.86. The predicted molar refractivity (Wildman–Crippen MR) is 79.5 cm³/mol. The molecular formula is C16H14ClNO3. The summed E-state index contributed by atoms with van der Waals surface area (Å²) in [5, 5.41) is 22.6. The quantitative estimate of drug-likeness (QED) is 0.798. The molecule has 21 heavy (non-hydrogen) atoms. The number of aliphatic hydroxyl groups excluding tert-OH is 1. The van der Waals surface area contributed by atoms with Crippen molar-refractivity contribution in [2.24, 2.45) is 0 Å². The highest BCUT2D eigenvalue weighted by atomic mass is 35.5. The van der Waals surface area contributed by atoms with Gasteiger partial charge in [-0.3, -0.25) is 4.79 Å². The van der Waals surface area contributed by atoms with Gasteiger partial charge in [-0.1, -0.05) is 35.9 Å². The molecule has 2 aromatic rings. The lowest BCUT2D eigenvalue weighted by atomic mass is 10.1. The Morgan fingerprint density at radius 3 is 2.81 bits per heavy atom. The van der Waals surface area contributed by atoms with Crippen LogP contribution in [-0.2, 0) is 6.42 Å². The molecule has 2 aromatic carbocycles. The van der Waals surface area contributed by atoms with Gasteiger partial charge in [0.1, 0.15) is 5.75 Å². The maximum atomic E-state index is 12.3. The zero-order valence-corrected chi connectivity index (χ0v) is 11.8. The summed E-state index contributed by atoms with van der Waals surface area (Å²) in [6.45, 7) is 0. The van der Waals surface area contributed by atoms with Gasteiger partial charge in [0.2, 0.25) is 0 Å². The highest BCUT2D eigenvalue weighted by molar-refractivity contribution is 6.33. The van der Waals surface area contributed by atoms with Crippen molar-refractivity contribution in [2.75, 3.05) is 0 Å². The highest BCUT2D eigenvalue weighted by Crippen LogP contribution is 2.32. The first-order valence-electron chi connectivity index (χ1n) is 6.61. The Kier molecular flexibility index (Phi) is 3.57. The molecule has 1 aliphatic rings. The number of carbonyl (C=O) groups excluding carboxylic acids is 1. The van der Waals surface area contributed by atoms with Crippen LogP contribution >= 0.6 is 11.6 Å². The number of halogens is 1. The fraction of sp³-hybridized carbons (Fsp3) is 0.188. The molecule has 1 amide bonds. The number of phenolic OH excluding ortho intramolecular Hbond substituents is 1. The summed E-state index contributed by atoms with van der Waals surface area (Å²) in [6, 6.07) is 11.3. The van der Waals surface area contributed by atoms with Crippen molar-refractivity contribution < 1.29 is 15.0 Å². The van der Waals surface area contributed by atoms with Crippen LogP contribution in [-0.4, -0.2) is 22.2 Å². The predicted octanol–water partition coefficient (Wildman–Crippen LogP) is 2.43. The first kappa shape index (κ1) is 13.9. The lowest BCUT2D eigenvalue weighted by Crippen LogP contribution is -2.34. The van der Waals surface area contributed by atoms with E-state index in [1.807, 2.05) is 24.3 Å². The van der Waals surface area contributed by atoms with Crippen LogP contribution in [0.3, 0.4) is 0 Å². The molecule has 0 saturated carbocycles. The van der Waals surface area contributed by atoms with Crippen LogP contribution in [0.1, 0.15) is 27.5 Å². The Hall–Kier alpha value is -2.04. The number of aliphatic hydroxyl groups is 1. The van der Waals surface area contributed by atoms with E-state index in [1.165, 1.54) is 18.2 Å². The van der Waals surface area contributed by atoms with Crippen molar-refractivity contribution in [3.05, 3.63) is 64.2 Å². The Morgan fingerprint density at radius 1 is 1.24 bits per heavy atom. The van der Waals surface area contributed by atoms with E-state index in [9.17, 15) is 15.0 Å². The second kappa shape index (κ2) is 5.39. The zero-order chi connectivity index (χ0) is 15.0. The number of hydrogen-bond donors (Lipinski definition) is 3. The highest BCUT2D eigenvalue weighted by Gasteiger charge is 2.32. The number of rotatable bonds is 2. The summed E-state index contributed by atoms with van der Waals surface area (Å²) in [7, 11) is 0. The van der Waals surface area contributed by atoms with E-state index in [2.05, 4.69) is 5.32 Å². The molecule has 0 radical (unpaired) electrons. The van der Waals surface area contributed by atoms with E-state index in [4.69, 9.17) is 11.6 Å². The Morgan fingerprint density at radius 2 is 2.00 bits per heavy atom. The minimum Gasteiger partial charge on any atom is -0.508 e. The van der Waals surface area contributed by atoms with E-state index < -0.39 is 18.1 Å². The zero-order valence-electron chi connectivity index (χ0n) is 11.1. The molecule has 0 aliphatic heterocycles. The first-order valence-corrected chi connectivity index (χ1v) is 6.99. The number of hydrogen-bond acceptors (Lipinski definition) is 3. The minimum absolute atomic E-state index is 0.0306. The fourth-order valence-electron chi connectivity index (χ4n) is 2.65. The molecule has 0 spiro atoms. The van der Waals surface area contributed by atoms with Gasteiger partial charge >= 0.3 is 0 Å². The van der Waals surface area contributed by atoms with Crippen molar-refractivity contribution in [2.45, 2.75) is 18.6 Å². The Bertz CT molecular complexity index is 702. The maximum Gasteiger partial charge on any atom is 0.253 e. The number of nitrogens with one attached hydrogen (secondary N) is 1. The summed E-state index contributed by atoms with van der Waals surface area (Å²) in [5.41, 5.74) is 2.13. The number of amides is 1. The summed E-state index contributed by atoms with van der Waals surface area (Å²) in [5.74, 6) is -0.450. The van der Waals surface area contributed by atoms with E-state index >= 15 is 0 Å². The molecule has 3 N–H and O–H groups in total. The van der Waals surface area contributed by atoms with Crippen LogP contribution in [0, 0.1) is 0 Å². The van der Waals surface area contributed by atoms with Crippen LogP contribution in [0.25, 0.3) is 0 Å². The smallest absolute Gasteiger partial charge is 0.253 e. The van der Waals surface area contributed by atoms with E-state index in [1.54, 1.807) is 0 Å². The van der Waals surface area contributed by atoms with Crippen LogP contribution in [0.2, 0.25) is 5.02 Å². The normalized spacial score (nSPS) is 20.1. The number of fused-ring (bicyclic) bond motifs is 1. The Labute approximate surface area is 127 Å². The van der Waals surface area contributed by atoms with Gasteiger partial charge in [-0.25, -0.2) is 0 Å². The molecule has 4 nitrogen and oxygen atoms in total. The molecule has 0 fully saturated rings. The summed E-state index contributed by atoms with van der Waals surface area (Å²) in [4.78, 5) is 12.3. The standard InChI is InChI=1S/C16H14ClNO3/c17-13-6-5-10(19)8-12(13)16(21)18-15-11-4-2-1-3-9(11)7-14(15)20/h1-6,8,14-15,19-20H,7H2,(H,18,21)/t14-,15+/m0/s1. The lowest BCUT2D eigenvalue weighted by molar-refractivity contribution is 0.0858. The number of aromatic hydroxyl groups is 1. The molecule has 1 aliphatic carbocycles. The topological polar surface area (TPSA) is 69.6 Å². The third-order valence-electron chi connectivity index (χ3n) is 3.69. The van der Waals surface area contributed by atoms with Gasteiger partial charge in [0.25, 0.3) is 5.91 Å². The average Bonchev–Trinajstić information content (AvgIpc) is 2.78. The molecule has 0 unspecified atom stereocenters. The minimum atomic E-state index is -0.664. The second-order valence-corrected chi connectivity index (χ2v) is 5.49. The van der Waals surface area contributed by atoms with Gasteiger partial charge < -0.3 is 15.5 Å². The van der Waals surface area contributed by atoms with Crippen molar-refractivity contribution >= 4 is 17.5 Å². The van der Waals surface area contributed by atoms with Crippen molar-refractivity contribution in [1.82, 2.24) is 5.32 Å². The summed E-state index contributed by atoms with van der Waals surface area (Å²) < 4.78 is 0.